The van der Waals surface area contributed by atoms with Crippen LogP contribution < -0.4 is 20.1 Å². The second-order valence-electron chi connectivity index (χ2n) is 5.39. The quantitative estimate of drug-likeness (QED) is 0.678. The number of amides is 2. The molecule has 2 amide bonds. The summed E-state index contributed by atoms with van der Waals surface area (Å²) in [7, 11) is 3.02. The monoisotopic (exact) mass is 383 g/mol. The lowest BCUT2D eigenvalue weighted by molar-refractivity contribution is 0.102. The van der Waals surface area contributed by atoms with Crippen molar-refractivity contribution in [1.29, 1.82) is 0 Å². The minimum absolute atomic E-state index is 0.330. The molecule has 138 valence electrons. The SMILES string of the molecule is COc1cc(OC)cc(C(=O)Nc2ccccc2C(=O)Nc2nccs2)c1. The van der Waals surface area contributed by atoms with Crippen LogP contribution in [0.2, 0.25) is 0 Å². The number of ether oxygens (including phenoxy) is 2. The van der Waals surface area contributed by atoms with Crippen LogP contribution in [0.5, 0.6) is 11.5 Å². The van der Waals surface area contributed by atoms with Crippen LogP contribution in [0.15, 0.2) is 54.0 Å². The smallest absolute Gasteiger partial charge is 0.259 e. The zero-order chi connectivity index (χ0) is 19.2. The fourth-order valence-electron chi connectivity index (χ4n) is 2.37. The molecule has 1 aromatic heterocycles. The van der Waals surface area contributed by atoms with Crippen LogP contribution in [0.4, 0.5) is 10.8 Å². The Balaban J connectivity index is 1.83. The molecular formula is C19H17N3O4S. The molecular weight excluding hydrogens is 366 g/mol. The number of benzene rings is 2. The van der Waals surface area contributed by atoms with E-state index in [-0.39, 0.29) is 11.8 Å². The van der Waals surface area contributed by atoms with Gasteiger partial charge in [0.2, 0.25) is 0 Å². The fraction of sp³-hybridized carbons (Fsp3) is 0.105. The van der Waals surface area contributed by atoms with E-state index in [0.717, 1.165) is 0 Å². The van der Waals surface area contributed by atoms with Crippen molar-refractivity contribution in [3.8, 4) is 11.5 Å². The van der Waals surface area contributed by atoms with E-state index in [9.17, 15) is 9.59 Å². The summed E-state index contributed by atoms with van der Waals surface area (Å²) in [5.74, 6) is 0.245. The topological polar surface area (TPSA) is 89.5 Å². The summed E-state index contributed by atoms with van der Waals surface area (Å²) in [6.45, 7) is 0. The molecule has 1 heterocycles. The van der Waals surface area contributed by atoms with Gasteiger partial charge in [-0.1, -0.05) is 12.1 Å². The van der Waals surface area contributed by atoms with E-state index in [2.05, 4.69) is 15.6 Å². The van der Waals surface area contributed by atoms with Gasteiger partial charge in [-0.2, -0.15) is 0 Å². The van der Waals surface area contributed by atoms with E-state index in [4.69, 9.17) is 9.47 Å². The Morgan fingerprint density at radius 3 is 2.30 bits per heavy atom. The maximum Gasteiger partial charge on any atom is 0.259 e. The van der Waals surface area contributed by atoms with E-state index in [1.54, 1.807) is 54.0 Å². The van der Waals surface area contributed by atoms with Crippen molar-refractivity contribution in [2.24, 2.45) is 0 Å². The van der Waals surface area contributed by atoms with Crippen LogP contribution in [0.1, 0.15) is 20.7 Å². The van der Waals surface area contributed by atoms with Crippen molar-refractivity contribution >= 4 is 34.0 Å². The van der Waals surface area contributed by atoms with Crippen LogP contribution >= 0.6 is 11.3 Å². The number of nitrogens with zero attached hydrogens (tertiary/aromatic N) is 1. The first-order valence-corrected chi connectivity index (χ1v) is 8.83. The van der Waals surface area contributed by atoms with Crippen molar-refractivity contribution in [3.05, 3.63) is 65.2 Å². The molecule has 0 saturated carbocycles. The van der Waals surface area contributed by atoms with Crippen LogP contribution in [-0.4, -0.2) is 31.0 Å². The standard InChI is InChI=1S/C19H17N3O4S/c1-25-13-9-12(10-14(11-13)26-2)17(23)21-16-6-4-3-5-15(16)18(24)22-19-20-7-8-27-19/h3-11H,1-2H3,(H,21,23)(H,20,22,24). The number of aromatic nitrogens is 1. The molecule has 2 aromatic carbocycles. The molecule has 3 aromatic rings. The van der Waals surface area contributed by atoms with Gasteiger partial charge in [0.1, 0.15) is 11.5 Å². The molecule has 3 rings (SSSR count). The number of thiazole rings is 1. The number of anilines is 2. The van der Waals surface area contributed by atoms with E-state index >= 15 is 0 Å². The first kappa shape index (κ1) is 18.4. The first-order chi connectivity index (χ1) is 13.1. The number of nitrogens with one attached hydrogen (secondary N) is 2. The molecule has 0 aliphatic rings. The molecule has 0 unspecified atom stereocenters. The minimum atomic E-state index is -0.387. The highest BCUT2D eigenvalue weighted by molar-refractivity contribution is 7.13. The average Bonchev–Trinajstić information content (AvgIpc) is 3.20. The van der Waals surface area contributed by atoms with E-state index in [1.807, 2.05) is 0 Å². The van der Waals surface area contributed by atoms with Gasteiger partial charge >= 0.3 is 0 Å². The third kappa shape index (κ3) is 4.42. The Bertz CT molecular complexity index is 935. The van der Waals surface area contributed by atoms with Gasteiger partial charge in [0, 0.05) is 23.2 Å². The summed E-state index contributed by atoms with van der Waals surface area (Å²) in [6.07, 6.45) is 1.60. The van der Waals surface area contributed by atoms with Crippen LogP contribution in [0.25, 0.3) is 0 Å². The lowest BCUT2D eigenvalue weighted by Crippen LogP contribution is -2.18. The molecule has 0 aliphatic heterocycles. The summed E-state index contributed by atoms with van der Waals surface area (Å²) in [5, 5.41) is 7.72. The number of hydrogen-bond donors (Lipinski definition) is 2. The van der Waals surface area contributed by atoms with Gasteiger partial charge in [0.05, 0.1) is 25.5 Å². The highest BCUT2D eigenvalue weighted by Crippen LogP contribution is 2.24. The fourth-order valence-corrected chi connectivity index (χ4v) is 2.90. The minimum Gasteiger partial charge on any atom is -0.497 e. The highest BCUT2D eigenvalue weighted by Gasteiger charge is 2.16. The number of carbonyl (C=O) groups excluding carboxylic acids is 2. The Morgan fingerprint density at radius 2 is 1.67 bits per heavy atom. The largest absolute Gasteiger partial charge is 0.497 e. The molecule has 0 atom stereocenters. The maximum atomic E-state index is 12.7. The molecule has 0 saturated heterocycles. The van der Waals surface area contributed by atoms with Gasteiger partial charge in [-0.15, -0.1) is 11.3 Å². The van der Waals surface area contributed by atoms with E-state index < -0.39 is 0 Å². The number of para-hydroxylation sites is 1. The van der Waals surface area contributed by atoms with Crippen molar-refractivity contribution in [3.63, 3.8) is 0 Å². The summed E-state index contributed by atoms with van der Waals surface area (Å²) >= 11 is 1.31. The zero-order valence-corrected chi connectivity index (χ0v) is 15.5. The van der Waals surface area contributed by atoms with Crippen molar-refractivity contribution < 1.29 is 19.1 Å². The van der Waals surface area contributed by atoms with Gasteiger partial charge in [-0.3, -0.25) is 14.9 Å². The highest BCUT2D eigenvalue weighted by atomic mass is 32.1. The average molecular weight is 383 g/mol. The number of rotatable bonds is 6. The van der Waals surface area contributed by atoms with E-state index in [1.165, 1.54) is 25.6 Å². The lowest BCUT2D eigenvalue weighted by atomic mass is 10.1. The second kappa shape index (κ2) is 8.33. The summed E-state index contributed by atoms with van der Waals surface area (Å²) in [5.41, 5.74) is 1.07. The Hall–Kier alpha value is -3.39. The van der Waals surface area contributed by atoms with Gasteiger partial charge in [-0.25, -0.2) is 4.98 Å². The number of carbonyl (C=O) groups is 2. The third-order valence-electron chi connectivity index (χ3n) is 3.69. The van der Waals surface area contributed by atoms with Crippen molar-refractivity contribution in [2.45, 2.75) is 0 Å². The lowest BCUT2D eigenvalue weighted by Gasteiger charge is -2.12. The van der Waals surface area contributed by atoms with Crippen LogP contribution in [-0.2, 0) is 0 Å². The van der Waals surface area contributed by atoms with Gasteiger partial charge < -0.3 is 14.8 Å². The molecule has 8 heteroatoms. The third-order valence-corrected chi connectivity index (χ3v) is 4.37. The normalized spacial score (nSPS) is 10.1. The van der Waals surface area contributed by atoms with Gasteiger partial charge in [-0.05, 0) is 24.3 Å². The predicted octanol–water partition coefficient (Wildman–Crippen LogP) is 3.66. The molecule has 27 heavy (non-hydrogen) atoms. The van der Waals surface area contributed by atoms with E-state index in [0.29, 0.717) is 33.4 Å². The molecule has 0 bridgehead atoms. The molecule has 2 N–H and O–H groups in total. The first-order valence-electron chi connectivity index (χ1n) is 7.95. The van der Waals surface area contributed by atoms with Crippen molar-refractivity contribution in [2.75, 3.05) is 24.9 Å². The maximum absolute atomic E-state index is 12.7. The Labute approximate surface area is 160 Å². The second-order valence-corrected chi connectivity index (χ2v) is 6.29. The number of hydrogen-bond acceptors (Lipinski definition) is 6. The van der Waals surface area contributed by atoms with Crippen LogP contribution in [0.3, 0.4) is 0 Å². The number of methoxy groups -OCH3 is 2. The zero-order valence-electron chi connectivity index (χ0n) is 14.7. The summed E-state index contributed by atoms with van der Waals surface area (Å²) in [4.78, 5) is 29.2. The van der Waals surface area contributed by atoms with Crippen molar-refractivity contribution in [1.82, 2.24) is 4.98 Å². The Morgan fingerprint density at radius 1 is 0.963 bits per heavy atom. The predicted molar refractivity (Wildman–Crippen MR) is 104 cm³/mol. The molecule has 7 nitrogen and oxygen atoms in total. The Kier molecular flexibility index (Phi) is 5.68. The molecule has 0 fully saturated rings. The summed E-state index contributed by atoms with van der Waals surface area (Å²) < 4.78 is 10.4. The summed E-state index contributed by atoms with van der Waals surface area (Å²) in [6, 6.07) is 11.6. The molecule has 0 radical (unpaired) electrons. The van der Waals surface area contributed by atoms with Gasteiger partial charge in [0.25, 0.3) is 11.8 Å². The van der Waals surface area contributed by atoms with Gasteiger partial charge in [0.15, 0.2) is 5.13 Å². The van der Waals surface area contributed by atoms with Crippen LogP contribution in [0, 0.1) is 0 Å². The molecule has 0 spiro atoms. The molecule has 0 aliphatic carbocycles.